The van der Waals surface area contributed by atoms with Crippen molar-refractivity contribution in [3.05, 3.63) is 70.5 Å². The summed E-state index contributed by atoms with van der Waals surface area (Å²) in [6, 6.07) is 13.6. The molecule has 1 aromatic heterocycles. The van der Waals surface area contributed by atoms with Gasteiger partial charge in [-0.15, -0.1) is 0 Å². The van der Waals surface area contributed by atoms with Crippen LogP contribution in [0.5, 0.6) is 0 Å². The van der Waals surface area contributed by atoms with E-state index in [1.54, 1.807) is 29.1 Å². The number of aromatic nitrogens is 2. The minimum atomic E-state index is -0.499. The fourth-order valence-corrected chi connectivity index (χ4v) is 2.26. The average Bonchev–Trinajstić information content (AvgIpc) is 2.98. The first-order valence-electron chi connectivity index (χ1n) is 7.10. The zero-order valence-corrected chi connectivity index (χ0v) is 12.5. The molecular weight excluding hydrogens is 310 g/mol. The summed E-state index contributed by atoms with van der Waals surface area (Å²) in [6.07, 6.45) is 2.83. The highest BCUT2D eigenvalue weighted by atomic mass is 16.6. The number of imidazole rings is 1. The minimum Gasteiger partial charge on any atom is -0.321 e. The van der Waals surface area contributed by atoms with Gasteiger partial charge in [0, 0.05) is 6.07 Å². The average molecular weight is 323 g/mol. The molecule has 8 heteroatoms. The molecule has 2 aromatic carbocycles. The molecular formula is C16H13N5O3. The summed E-state index contributed by atoms with van der Waals surface area (Å²) in [6.45, 7) is 0.0503. The first kappa shape index (κ1) is 15.3. The number of carbonyl (C=O) groups excluding carboxylic acids is 1. The third-order valence-corrected chi connectivity index (χ3v) is 3.37. The van der Waals surface area contributed by atoms with Crippen molar-refractivity contribution >= 4 is 28.8 Å². The Morgan fingerprint density at radius 2 is 2.00 bits per heavy atom. The molecule has 1 N–H and O–H groups in total. The predicted molar refractivity (Wildman–Crippen MR) is 88.6 cm³/mol. The lowest BCUT2D eigenvalue weighted by Crippen LogP contribution is -2.22. The molecule has 3 aromatic rings. The number of rotatable bonds is 5. The highest BCUT2D eigenvalue weighted by Crippen LogP contribution is 2.15. The second kappa shape index (κ2) is 6.69. The van der Waals surface area contributed by atoms with Gasteiger partial charge in [-0.1, -0.05) is 24.3 Å². The summed E-state index contributed by atoms with van der Waals surface area (Å²) >= 11 is 0. The van der Waals surface area contributed by atoms with E-state index in [9.17, 15) is 14.9 Å². The minimum absolute atomic E-state index is 0.0503. The highest BCUT2D eigenvalue weighted by molar-refractivity contribution is 5.87. The summed E-state index contributed by atoms with van der Waals surface area (Å²) in [5.74, 6) is -0.354. The van der Waals surface area contributed by atoms with Crippen LogP contribution in [0.25, 0.3) is 11.0 Å². The Hall–Kier alpha value is -3.55. The summed E-state index contributed by atoms with van der Waals surface area (Å²) < 4.78 is 1.70. The van der Waals surface area contributed by atoms with Gasteiger partial charge in [0.2, 0.25) is 0 Å². The summed E-state index contributed by atoms with van der Waals surface area (Å²) in [4.78, 5) is 26.6. The van der Waals surface area contributed by atoms with Crippen molar-refractivity contribution in [1.82, 2.24) is 15.0 Å². The Morgan fingerprint density at radius 1 is 1.25 bits per heavy atom. The molecule has 120 valence electrons. The molecule has 0 bridgehead atoms. The van der Waals surface area contributed by atoms with Crippen LogP contribution in [0.2, 0.25) is 0 Å². The van der Waals surface area contributed by atoms with Gasteiger partial charge in [0.05, 0.1) is 34.1 Å². The third kappa shape index (κ3) is 3.27. The van der Waals surface area contributed by atoms with E-state index < -0.39 is 4.92 Å². The summed E-state index contributed by atoms with van der Waals surface area (Å²) in [7, 11) is 0. The molecule has 0 atom stereocenters. The van der Waals surface area contributed by atoms with Crippen molar-refractivity contribution < 1.29 is 9.72 Å². The van der Waals surface area contributed by atoms with E-state index in [-0.39, 0.29) is 18.1 Å². The number of benzene rings is 2. The standard InChI is InChI=1S/C16H13N5O3/c22-16(10-20-11-17-13-6-2-4-8-15(13)20)19-18-9-12-5-1-3-7-14(12)21(23)24/h1-9,11H,10H2,(H,19,22)/b18-9-. The third-order valence-electron chi connectivity index (χ3n) is 3.37. The van der Waals surface area contributed by atoms with Crippen molar-refractivity contribution in [2.75, 3.05) is 0 Å². The molecule has 0 fully saturated rings. The molecule has 0 aliphatic rings. The molecule has 8 nitrogen and oxygen atoms in total. The summed E-state index contributed by atoms with van der Waals surface area (Å²) in [5.41, 5.74) is 4.24. The molecule has 24 heavy (non-hydrogen) atoms. The maximum atomic E-state index is 12.0. The van der Waals surface area contributed by atoms with E-state index in [0.29, 0.717) is 5.56 Å². The van der Waals surface area contributed by atoms with Crippen LogP contribution in [-0.2, 0) is 11.3 Å². The lowest BCUT2D eigenvalue weighted by molar-refractivity contribution is -0.385. The first-order valence-corrected chi connectivity index (χ1v) is 7.10. The monoisotopic (exact) mass is 323 g/mol. The molecule has 0 aliphatic carbocycles. The van der Waals surface area contributed by atoms with E-state index in [4.69, 9.17) is 0 Å². The van der Waals surface area contributed by atoms with Gasteiger partial charge in [0.15, 0.2) is 0 Å². The van der Waals surface area contributed by atoms with Crippen LogP contribution in [0, 0.1) is 10.1 Å². The lowest BCUT2D eigenvalue weighted by Gasteiger charge is -2.02. The zero-order valence-electron chi connectivity index (χ0n) is 12.5. The SMILES string of the molecule is O=C(Cn1cnc2ccccc21)N/N=C\c1ccccc1[N+](=O)[O-]. The molecule has 1 amide bonds. The van der Waals surface area contributed by atoms with Crippen molar-refractivity contribution in [1.29, 1.82) is 0 Å². The van der Waals surface area contributed by atoms with Crippen LogP contribution in [0.15, 0.2) is 60.0 Å². The number of hydrogen-bond acceptors (Lipinski definition) is 5. The van der Waals surface area contributed by atoms with Crippen molar-refractivity contribution in [3.63, 3.8) is 0 Å². The van der Waals surface area contributed by atoms with E-state index in [1.807, 2.05) is 24.3 Å². The van der Waals surface area contributed by atoms with Crippen LogP contribution in [0.1, 0.15) is 5.56 Å². The van der Waals surface area contributed by atoms with Gasteiger partial charge in [-0.3, -0.25) is 14.9 Å². The maximum absolute atomic E-state index is 12.0. The lowest BCUT2D eigenvalue weighted by atomic mass is 10.2. The Morgan fingerprint density at radius 3 is 2.83 bits per heavy atom. The van der Waals surface area contributed by atoms with Gasteiger partial charge < -0.3 is 4.57 Å². The molecule has 3 rings (SSSR count). The van der Waals surface area contributed by atoms with Gasteiger partial charge in [-0.25, -0.2) is 10.4 Å². The number of carbonyl (C=O) groups is 1. The van der Waals surface area contributed by atoms with Crippen LogP contribution in [0.3, 0.4) is 0 Å². The Bertz CT molecular complexity index is 932. The molecule has 0 spiro atoms. The van der Waals surface area contributed by atoms with Crippen LogP contribution in [-0.4, -0.2) is 26.6 Å². The number of hydrazone groups is 1. The van der Waals surface area contributed by atoms with E-state index in [2.05, 4.69) is 15.5 Å². The highest BCUT2D eigenvalue weighted by Gasteiger charge is 2.10. The summed E-state index contributed by atoms with van der Waals surface area (Å²) in [5, 5.41) is 14.7. The number of fused-ring (bicyclic) bond motifs is 1. The number of nitrogens with zero attached hydrogens (tertiary/aromatic N) is 4. The van der Waals surface area contributed by atoms with E-state index in [1.165, 1.54) is 12.3 Å². The van der Waals surface area contributed by atoms with Gasteiger partial charge in [0.1, 0.15) is 6.54 Å². The second-order valence-corrected chi connectivity index (χ2v) is 4.97. The molecule has 0 saturated heterocycles. The van der Waals surface area contributed by atoms with Gasteiger partial charge in [-0.05, 0) is 18.2 Å². The van der Waals surface area contributed by atoms with Crippen LogP contribution < -0.4 is 5.43 Å². The normalized spacial score (nSPS) is 11.0. The van der Waals surface area contributed by atoms with Crippen molar-refractivity contribution in [2.24, 2.45) is 5.10 Å². The zero-order chi connectivity index (χ0) is 16.9. The maximum Gasteiger partial charge on any atom is 0.278 e. The van der Waals surface area contributed by atoms with Gasteiger partial charge in [0.25, 0.3) is 11.6 Å². The van der Waals surface area contributed by atoms with Gasteiger partial charge in [-0.2, -0.15) is 5.10 Å². The van der Waals surface area contributed by atoms with E-state index in [0.717, 1.165) is 11.0 Å². The predicted octanol–water partition coefficient (Wildman–Crippen LogP) is 2.09. The Balaban J connectivity index is 1.67. The topological polar surface area (TPSA) is 102 Å². The Labute approximate surface area is 136 Å². The number of hydrogen-bond donors (Lipinski definition) is 1. The smallest absolute Gasteiger partial charge is 0.278 e. The fraction of sp³-hybridized carbons (Fsp3) is 0.0625. The number of nitrogens with one attached hydrogen (secondary N) is 1. The molecule has 0 saturated carbocycles. The second-order valence-electron chi connectivity index (χ2n) is 4.97. The van der Waals surface area contributed by atoms with Gasteiger partial charge >= 0.3 is 0 Å². The molecule has 1 heterocycles. The molecule has 0 radical (unpaired) electrons. The number of amides is 1. The van der Waals surface area contributed by atoms with Crippen LogP contribution >= 0.6 is 0 Å². The largest absolute Gasteiger partial charge is 0.321 e. The molecule has 0 aliphatic heterocycles. The number of nitro groups is 1. The van der Waals surface area contributed by atoms with Crippen LogP contribution in [0.4, 0.5) is 5.69 Å². The first-order chi connectivity index (χ1) is 11.6. The van der Waals surface area contributed by atoms with Crippen molar-refractivity contribution in [3.8, 4) is 0 Å². The number of para-hydroxylation sites is 3. The van der Waals surface area contributed by atoms with Crippen molar-refractivity contribution in [2.45, 2.75) is 6.54 Å². The quantitative estimate of drug-likeness (QED) is 0.441. The fourth-order valence-electron chi connectivity index (χ4n) is 2.26. The number of nitro benzene ring substituents is 1. The Kier molecular flexibility index (Phi) is 4.28. The molecule has 0 unspecified atom stereocenters. The van der Waals surface area contributed by atoms with E-state index >= 15 is 0 Å².